The van der Waals surface area contributed by atoms with E-state index in [1.54, 1.807) is 12.1 Å². The molecule has 0 radical (unpaired) electrons. The number of carbonyl (C=O) groups is 3. The molecule has 22 heavy (non-hydrogen) atoms. The number of ether oxygens (including phenoxy) is 1. The molecule has 1 N–H and O–H groups in total. The first-order valence-electron chi connectivity index (χ1n) is 6.88. The molecule has 1 heterocycles. The predicted molar refractivity (Wildman–Crippen MR) is 78.0 cm³/mol. The van der Waals surface area contributed by atoms with Crippen molar-refractivity contribution in [3.8, 4) is 5.75 Å². The molecule has 1 atom stereocenters. The highest BCUT2D eigenvalue weighted by molar-refractivity contribution is 5.93. The summed E-state index contributed by atoms with van der Waals surface area (Å²) < 4.78 is 4.70. The molecule has 0 saturated carbocycles. The fourth-order valence-corrected chi connectivity index (χ4v) is 2.47. The Morgan fingerprint density at radius 2 is 2.18 bits per heavy atom. The molecule has 7 heteroatoms. The number of anilines is 1. The summed E-state index contributed by atoms with van der Waals surface area (Å²) in [5.74, 6) is -0.984. The molecule has 2 amide bonds. The molecule has 1 aromatic rings. The van der Waals surface area contributed by atoms with Crippen molar-refractivity contribution < 1.29 is 24.2 Å². The molecule has 0 bridgehead atoms. The standard InChI is InChI=1S/C15H18N2O5/c1-10(18)16(11-4-3-5-12(19)8-11)9-17-13(15(21)22-2)6-7-14(17)20/h3-5,8,13,19H,6-7,9H2,1-2H3/t13-/m1/s1. The van der Waals surface area contributed by atoms with Crippen LogP contribution in [0.1, 0.15) is 19.8 Å². The minimum atomic E-state index is -0.684. The zero-order valence-electron chi connectivity index (χ0n) is 12.5. The molecular weight excluding hydrogens is 288 g/mol. The van der Waals surface area contributed by atoms with Crippen LogP contribution in [0.3, 0.4) is 0 Å². The second-order valence-corrected chi connectivity index (χ2v) is 5.05. The van der Waals surface area contributed by atoms with E-state index >= 15 is 0 Å². The summed E-state index contributed by atoms with van der Waals surface area (Å²) in [5.41, 5.74) is 0.454. The summed E-state index contributed by atoms with van der Waals surface area (Å²) >= 11 is 0. The molecule has 1 aliphatic heterocycles. The summed E-state index contributed by atoms with van der Waals surface area (Å²) in [5, 5.41) is 9.54. The third-order valence-electron chi connectivity index (χ3n) is 3.62. The van der Waals surface area contributed by atoms with Crippen molar-refractivity contribution in [2.24, 2.45) is 0 Å². The van der Waals surface area contributed by atoms with Gasteiger partial charge >= 0.3 is 5.97 Å². The highest BCUT2D eigenvalue weighted by Gasteiger charge is 2.38. The largest absolute Gasteiger partial charge is 0.508 e. The predicted octanol–water partition coefficient (Wildman–Crippen LogP) is 0.867. The normalized spacial score (nSPS) is 17.5. The van der Waals surface area contributed by atoms with Gasteiger partial charge in [-0.05, 0) is 18.6 Å². The number of benzene rings is 1. The number of aromatic hydroxyl groups is 1. The molecule has 7 nitrogen and oxygen atoms in total. The minimum Gasteiger partial charge on any atom is -0.508 e. The Balaban J connectivity index is 2.25. The summed E-state index contributed by atoms with van der Waals surface area (Å²) in [7, 11) is 1.27. The van der Waals surface area contributed by atoms with Crippen LogP contribution in [-0.4, -0.2) is 47.6 Å². The van der Waals surface area contributed by atoms with Crippen LogP contribution in [0, 0.1) is 0 Å². The molecule has 1 saturated heterocycles. The van der Waals surface area contributed by atoms with Gasteiger partial charge in [0, 0.05) is 25.1 Å². The lowest BCUT2D eigenvalue weighted by Crippen LogP contribution is -2.47. The quantitative estimate of drug-likeness (QED) is 0.834. The molecule has 1 aliphatic rings. The molecule has 0 spiro atoms. The molecule has 0 unspecified atom stereocenters. The van der Waals surface area contributed by atoms with Crippen molar-refractivity contribution in [1.82, 2.24) is 4.90 Å². The number of hydrogen-bond acceptors (Lipinski definition) is 5. The van der Waals surface area contributed by atoms with Gasteiger partial charge in [-0.15, -0.1) is 0 Å². The summed E-state index contributed by atoms with van der Waals surface area (Å²) in [6, 6.07) is 5.48. The van der Waals surface area contributed by atoms with Gasteiger partial charge in [-0.2, -0.15) is 0 Å². The van der Waals surface area contributed by atoms with Crippen LogP contribution in [0.5, 0.6) is 5.75 Å². The number of likely N-dealkylation sites (tertiary alicyclic amines) is 1. The van der Waals surface area contributed by atoms with Gasteiger partial charge in [-0.1, -0.05) is 6.07 Å². The van der Waals surface area contributed by atoms with Gasteiger partial charge < -0.3 is 14.7 Å². The number of phenolic OH excluding ortho intramolecular Hbond substituents is 1. The number of nitrogens with zero attached hydrogens (tertiary/aromatic N) is 2. The topological polar surface area (TPSA) is 87.2 Å². The maximum atomic E-state index is 12.0. The third kappa shape index (κ3) is 3.19. The molecule has 0 aliphatic carbocycles. The Labute approximate surface area is 128 Å². The van der Waals surface area contributed by atoms with Gasteiger partial charge in [-0.25, -0.2) is 4.79 Å². The number of amides is 2. The number of rotatable bonds is 4. The zero-order chi connectivity index (χ0) is 16.3. The van der Waals surface area contributed by atoms with Crippen LogP contribution < -0.4 is 4.90 Å². The summed E-state index contributed by atoms with van der Waals surface area (Å²) in [6.07, 6.45) is 0.614. The maximum Gasteiger partial charge on any atom is 0.328 e. The van der Waals surface area contributed by atoms with Crippen LogP contribution >= 0.6 is 0 Å². The summed E-state index contributed by atoms with van der Waals surface area (Å²) in [4.78, 5) is 38.3. The minimum absolute atomic E-state index is 0.0148. The Bertz CT molecular complexity index is 601. The van der Waals surface area contributed by atoms with Crippen LogP contribution in [0.2, 0.25) is 0 Å². The van der Waals surface area contributed by atoms with Crippen molar-refractivity contribution in [3.05, 3.63) is 24.3 Å². The first-order valence-corrected chi connectivity index (χ1v) is 6.88. The third-order valence-corrected chi connectivity index (χ3v) is 3.62. The van der Waals surface area contributed by atoms with Crippen molar-refractivity contribution in [1.29, 1.82) is 0 Å². The smallest absolute Gasteiger partial charge is 0.328 e. The van der Waals surface area contributed by atoms with E-state index in [2.05, 4.69) is 0 Å². The van der Waals surface area contributed by atoms with E-state index < -0.39 is 12.0 Å². The molecule has 0 aromatic heterocycles. The number of phenols is 1. The number of hydrogen-bond donors (Lipinski definition) is 1. The molecule has 1 fully saturated rings. The van der Waals surface area contributed by atoms with Crippen LogP contribution in [-0.2, 0) is 19.1 Å². The molecule has 1 aromatic carbocycles. The van der Waals surface area contributed by atoms with Crippen molar-refractivity contribution in [2.45, 2.75) is 25.8 Å². The molecule has 2 rings (SSSR count). The van der Waals surface area contributed by atoms with E-state index in [9.17, 15) is 19.5 Å². The molecule has 118 valence electrons. The Morgan fingerprint density at radius 3 is 2.77 bits per heavy atom. The Morgan fingerprint density at radius 1 is 1.45 bits per heavy atom. The van der Waals surface area contributed by atoms with E-state index in [4.69, 9.17) is 4.74 Å². The second kappa shape index (κ2) is 6.46. The number of esters is 1. The van der Waals surface area contributed by atoms with E-state index in [0.717, 1.165) is 0 Å². The van der Waals surface area contributed by atoms with E-state index in [-0.39, 0.29) is 30.7 Å². The first-order chi connectivity index (χ1) is 10.4. The lowest BCUT2D eigenvalue weighted by Gasteiger charge is -2.30. The second-order valence-electron chi connectivity index (χ2n) is 5.05. The van der Waals surface area contributed by atoms with Crippen LogP contribution in [0.25, 0.3) is 0 Å². The fraction of sp³-hybridized carbons (Fsp3) is 0.400. The van der Waals surface area contributed by atoms with Crippen LogP contribution in [0.15, 0.2) is 24.3 Å². The lowest BCUT2D eigenvalue weighted by molar-refractivity contribution is -0.149. The average Bonchev–Trinajstić information content (AvgIpc) is 2.84. The SMILES string of the molecule is COC(=O)[C@H]1CCC(=O)N1CN(C(C)=O)c1cccc(O)c1. The van der Waals surface area contributed by atoms with Gasteiger partial charge in [0.25, 0.3) is 0 Å². The van der Waals surface area contributed by atoms with Gasteiger partial charge in [0.05, 0.1) is 7.11 Å². The van der Waals surface area contributed by atoms with Gasteiger partial charge in [-0.3, -0.25) is 14.5 Å². The van der Waals surface area contributed by atoms with Gasteiger partial charge in [0.2, 0.25) is 11.8 Å². The monoisotopic (exact) mass is 306 g/mol. The van der Waals surface area contributed by atoms with Gasteiger partial charge in [0.1, 0.15) is 18.5 Å². The zero-order valence-corrected chi connectivity index (χ0v) is 12.5. The van der Waals surface area contributed by atoms with E-state index in [1.807, 2.05) is 0 Å². The fourth-order valence-electron chi connectivity index (χ4n) is 2.47. The summed E-state index contributed by atoms with van der Waals surface area (Å²) in [6.45, 7) is 1.30. The van der Waals surface area contributed by atoms with Crippen LogP contribution in [0.4, 0.5) is 5.69 Å². The van der Waals surface area contributed by atoms with Gasteiger partial charge in [0.15, 0.2) is 0 Å². The average molecular weight is 306 g/mol. The number of methoxy groups -OCH3 is 1. The van der Waals surface area contributed by atoms with Crippen molar-refractivity contribution >= 4 is 23.5 Å². The van der Waals surface area contributed by atoms with Crippen molar-refractivity contribution in [2.75, 3.05) is 18.7 Å². The van der Waals surface area contributed by atoms with E-state index in [0.29, 0.717) is 12.1 Å². The van der Waals surface area contributed by atoms with Crippen molar-refractivity contribution in [3.63, 3.8) is 0 Å². The molecular formula is C15H18N2O5. The number of carbonyl (C=O) groups excluding carboxylic acids is 3. The Hall–Kier alpha value is -2.57. The lowest BCUT2D eigenvalue weighted by atomic mass is 10.2. The Kier molecular flexibility index (Phi) is 4.65. The van der Waals surface area contributed by atoms with E-state index in [1.165, 1.54) is 36.0 Å². The highest BCUT2D eigenvalue weighted by atomic mass is 16.5. The highest BCUT2D eigenvalue weighted by Crippen LogP contribution is 2.24. The maximum absolute atomic E-state index is 12.0. The first kappa shape index (κ1) is 15.8.